The highest BCUT2D eigenvalue weighted by Gasteiger charge is 2.23. The first-order valence-corrected chi connectivity index (χ1v) is 7.14. The molecule has 5 heteroatoms. The summed E-state index contributed by atoms with van der Waals surface area (Å²) in [6.07, 6.45) is 4.72. The summed E-state index contributed by atoms with van der Waals surface area (Å²) in [6.45, 7) is 3.32. The van der Waals surface area contributed by atoms with Gasteiger partial charge >= 0.3 is 5.97 Å². The molecule has 1 N–H and O–H groups in total. The van der Waals surface area contributed by atoms with Crippen LogP contribution in [0.5, 0.6) is 0 Å². The van der Waals surface area contributed by atoms with Gasteiger partial charge in [0, 0.05) is 6.04 Å². The smallest absolute Gasteiger partial charge is 0.375 e. The number of amides is 1. The van der Waals surface area contributed by atoms with Gasteiger partial charge in [-0.2, -0.15) is 0 Å². The van der Waals surface area contributed by atoms with Gasteiger partial charge in [-0.1, -0.05) is 19.3 Å². The summed E-state index contributed by atoms with van der Waals surface area (Å²) in [5, 5.41) is 2.93. The van der Waals surface area contributed by atoms with Crippen molar-refractivity contribution >= 4 is 11.9 Å². The van der Waals surface area contributed by atoms with Crippen LogP contribution in [0, 0.1) is 6.92 Å². The summed E-state index contributed by atoms with van der Waals surface area (Å²) in [6, 6.07) is 3.44. The topological polar surface area (TPSA) is 68.5 Å². The largest absolute Gasteiger partial charge is 0.454 e. The number of nitrogens with one attached hydrogen (secondary N) is 1. The average molecular weight is 279 g/mol. The van der Waals surface area contributed by atoms with E-state index in [-0.39, 0.29) is 17.7 Å². The minimum atomic E-state index is -0.810. The van der Waals surface area contributed by atoms with Crippen LogP contribution in [0.2, 0.25) is 0 Å². The van der Waals surface area contributed by atoms with Crippen molar-refractivity contribution in [1.29, 1.82) is 0 Å². The van der Waals surface area contributed by atoms with E-state index < -0.39 is 12.1 Å². The molecule has 0 spiro atoms. The molecule has 0 unspecified atom stereocenters. The second-order valence-electron chi connectivity index (χ2n) is 5.30. The van der Waals surface area contributed by atoms with E-state index in [0.717, 1.165) is 25.7 Å². The van der Waals surface area contributed by atoms with Crippen molar-refractivity contribution in [3.8, 4) is 0 Å². The number of furan rings is 1. The molecule has 1 amide bonds. The Kier molecular flexibility index (Phi) is 4.82. The minimum absolute atomic E-state index is 0.125. The highest BCUT2D eigenvalue weighted by Crippen LogP contribution is 2.17. The van der Waals surface area contributed by atoms with Crippen LogP contribution in [-0.2, 0) is 9.53 Å². The summed E-state index contributed by atoms with van der Waals surface area (Å²) in [7, 11) is 0. The van der Waals surface area contributed by atoms with E-state index in [1.165, 1.54) is 6.42 Å². The fourth-order valence-corrected chi connectivity index (χ4v) is 2.38. The van der Waals surface area contributed by atoms with Gasteiger partial charge in [-0.3, -0.25) is 4.79 Å². The first-order chi connectivity index (χ1) is 9.56. The summed E-state index contributed by atoms with van der Waals surface area (Å²) in [4.78, 5) is 23.7. The van der Waals surface area contributed by atoms with Gasteiger partial charge in [0.1, 0.15) is 5.76 Å². The van der Waals surface area contributed by atoms with Crippen LogP contribution >= 0.6 is 0 Å². The predicted octanol–water partition coefficient (Wildman–Crippen LogP) is 2.58. The molecule has 1 atom stereocenters. The summed E-state index contributed by atoms with van der Waals surface area (Å²) in [5.41, 5.74) is 0. The van der Waals surface area contributed by atoms with E-state index in [1.54, 1.807) is 26.0 Å². The molecule has 1 fully saturated rings. The Labute approximate surface area is 118 Å². The maximum atomic E-state index is 12.0. The van der Waals surface area contributed by atoms with Gasteiger partial charge in [0.05, 0.1) is 0 Å². The monoisotopic (exact) mass is 279 g/mol. The lowest BCUT2D eigenvalue weighted by atomic mass is 9.95. The average Bonchev–Trinajstić information content (AvgIpc) is 2.86. The first kappa shape index (κ1) is 14.6. The molecule has 1 saturated carbocycles. The van der Waals surface area contributed by atoms with E-state index in [9.17, 15) is 9.59 Å². The van der Waals surface area contributed by atoms with Crippen molar-refractivity contribution in [2.45, 2.75) is 58.1 Å². The molecular weight excluding hydrogens is 258 g/mol. The molecule has 20 heavy (non-hydrogen) atoms. The lowest BCUT2D eigenvalue weighted by molar-refractivity contribution is -0.130. The Balaban J connectivity index is 1.82. The van der Waals surface area contributed by atoms with Crippen LogP contribution in [0.15, 0.2) is 16.5 Å². The van der Waals surface area contributed by atoms with E-state index in [1.807, 2.05) is 0 Å². The Bertz CT molecular complexity index is 474. The minimum Gasteiger partial charge on any atom is -0.454 e. The van der Waals surface area contributed by atoms with Gasteiger partial charge in [-0.05, 0) is 38.8 Å². The third-order valence-corrected chi connectivity index (χ3v) is 3.55. The molecule has 0 bridgehead atoms. The van der Waals surface area contributed by atoms with Gasteiger partial charge in [0.25, 0.3) is 5.91 Å². The van der Waals surface area contributed by atoms with Crippen molar-refractivity contribution in [1.82, 2.24) is 5.32 Å². The standard InChI is InChI=1S/C15H21NO4/c1-10-8-9-13(19-10)15(18)20-11(2)14(17)16-12-6-4-3-5-7-12/h8-9,11-12H,3-7H2,1-2H3,(H,16,17)/t11-/m0/s1. The molecule has 0 aliphatic heterocycles. The van der Waals surface area contributed by atoms with E-state index in [4.69, 9.17) is 9.15 Å². The molecule has 1 heterocycles. The van der Waals surface area contributed by atoms with Crippen LogP contribution in [0.4, 0.5) is 0 Å². The van der Waals surface area contributed by atoms with Gasteiger partial charge in [-0.15, -0.1) is 0 Å². The van der Waals surface area contributed by atoms with Gasteiger partial charge in [0.2, 0.25) is 5.76 Å². The molecule has 0 saturated heterocycles. The highest BCUT2D eigenvalue weighted by molar-refractivity contribution is 5.90. The lowest BCUT2D eigenvalue weighted by Gasteiger charge is -2.24. The molecule has 1 aromatic heterocycles. The Morgan fingerprint density at radius 2 is 2.00 bits per heavy atom. The van der Waals surface area contributed by atoms with Crippen molar-refractivity contribution in [3.05, 3.63) is 23.7 Å². The van der Waals surface area contributed by atoms with Gasteiger partial charge in [0.15, 0.2) is 6.10 Å². The van der Waals surface area contributed by atoms with Crippen LogP contribution in [-0.4, -0.2) is 24.0 Å². The van der Waals surface area contributed by atoms with E-state index in [0.29, 0.717) is 5.76 Å². The Hall–Kier alpha value is -1.78. The normalized spacial score (nSPS) is 17.5. The second-order valence-corrected chi connectivity index (χ2v) is 5.30. The predicted molar refractivity (Wildman–Crippen MR) is 73.3 cm³/mol. The third-order valence-electron chi connectivity index (χ3n) is 3.55. The first-order valence-electron chi connectivity index (χ1n) is 7.14. The summed E-state index contributed by atoms with van der Waals surface area (Å²) >= 11 is 0. The highest BCUT2D eigenvalue weighted by atomic mass is 16.6. The molecule has 1 aliphatic carbocycles. The maximum Gasteiger partial charge on any atom is 0.375 e. The number of carbonyl (C=O) groups excluding carboxylic acids is 2. The maximum absolute atomic E-state index is 12.0. The summed E-state index contributed by atoms with van der Waals surface area (Å²) < 4.78 is 10.3. The Morgan fingerprint density at radius 1 is 1.30 bits per heavy atom. The van der Waals surface area contributed by atoms with E-state index >= 15 is 0 Å². The molecule has 0 radical (unpaired) electrons. The van der Waals surface area contributed by atoms with Gasteiger partial charge in [-0.25, -0.2) is 4.79 Å². The van der Waals surface area contributed by atoms with Gasteiger partial charge < -0.3 is 14.5 Å². The van der Waals surface area contributed by atoms with Crippen LogP contribution in [0.25, 0.3) is 0 Å². The van der Waals surface area contributed by atoms with Crippen molar-refractivity contribution < 1.29 is 18.7 Å². The zero-order chi connectivity index (χ0) is 14.5. The summed E-state index contributed by atoms with van der Waals surface area (Å²) in [5.74, 6) is -0.0889. The fourth-order valence-electron chi connectivity index (χ4n) is 2.38. The molecule has 5 nitrogen and oxygen atoms in total. The zero-order valence-electron chi connectivity index (χ0n) is 12.0. The quantitative estimate of drug-likeness (QED) is 0.860. The van der Waals surface area contributed by atoms with Crippen molar-refractivity contribution in [3.63, 3.8) is 0 Å². The van der Waals surface area contributed by atoms with Crippen LogP contribution in [0.1, 0.15) is 55.3 Å². The zero-order valence-corrected chi connectivity index (χ0v) is 12.0. The molecule has 110 valence electrons. The lowest BCUT2D eigenvalue weighted by Crippen LogP contribution is -2.42. The number of carbonyl (C=O) groups is 2. The number of rotatable bonds is 4. The third kappa shape index (κ3) is 3.85. The number of esters is 1. The second kappa shape index (κ2) is 6.59. The number of ether oxygens (including phenoxy) is 1. The molecule has 0 aromatic carbocycles. The van der Waals surface area contributed by atoms with E-state index in [2.05, 4.69) is 5.32 Å². The molecule has 1 aliphatic rings. The Morgan fingerprint density at radius 3 is 2.60 bits per heavy atom. The van der Waals surface area contributed by atoms with Crippen molar-refractivity contribution in [2.24, 2.45) is 0 Å². The number of hydrogen-bond acceptors (Lipinski definition) is 4. The van der Waals surface area contributed by atoms with Crippen LogP contribution in [0.3, 0.4) is 0 Å². The number of hydrogen-bond donors (Lipinski definition) is 1. The fraction of sp³-hybridized carbons (Fsp3) is 0.600. The molecular formula is C15H21NO4. The number of aryl methyl sites for hydroxylation is 1. The SMILES string of the molecule is Cc1ccc(C(=O)O[C@@H](C)C(=O)NC2CCCCC2)o1. The van der Waals surface area contributed by atoms with Crippen molar-refractivity contribution in [2.75, 3.05) is 0 Å². The molecule has 2 rings (SSSR count). The molecule has 1 aromatic rings. The van der Waals surface area contributed by atoms with Crippen LogP contribution < -0.4 is 5.32 Å².